The summed E-state index contributed by atoms with van der Waals surface area (Å²) in [5.41, 5.74) is 1.37. The molecule has 6 rings (SSSR count). The number of fused-ring (bicyclic) bond motifs is 2. The molecule has 2 aliphatic heterocycles. The number of benzene rings is 3. The number of aromatic nitrogens is 1. The molecule has 1 saturated heterocycles. The predicted molar refractivity (Wildman–Crippen MR) is 172 cm³/mol. The summed E-state index contributed by atoms with van der Waals surface area (Å²) in [4.78, 5) is 55.3. The number of aryl methyl sites for hydroxylation is 1. The number of thiazole rings is 1. The molecule has 1 aromatic heterocycles. The van der Waals surface area contributed by atoms with Gasteiger partial charge >= 0.3 is 11.0 Å². The molecule has 1 fully saturated rings. The van der Waals surface area contributed by atoms with Gasteiger partial charge < -0.3 is 5.32 Å². The maximum Gasteiger partial charge on any atom is 0.418 e. The number of carbonyl (C=O) groups excluding carboxylic acids is 3. The summed E-state index contributed by atoms with van der Waals surface area (Å²) >= 11 is 1.84. The molecular weight excluding hydrogens is 636 g/mol. The van der Waals surface area contributed by atoms with E-state index in [0.717, 1.165) is 46.4 Å². The van der Waals surface area contributed by atoms with Gasteiger partial charge in [-0.25, -0.2) is 4.90 Å². The number of nitrogens with zero attached hydrogens (tertiary/aromatic N) is 2. The van der Waals surface area contributed by atoms with Gasteiger partial charge in [0.1, 0.15) is 11.8 Å². The van der Waals surface area contributed by atoms with Crippen LogP contribution < -0.4 is 15.1 Å². The minimum atomic E-state index is -4.80. The van der Waals surface area contributed by atoms with Crippen molar-refractivity contribution in [2.24, 2.45) is 5.92 Å². The molecule has 1 N–H and O–H groups in total. The lowest BCUT2D eigenvalue weighted by Crippen LogP contribution is -2.33. The van der Waals surface area contributed by atoms with E-state index in [1.807, 2.05) is 37.3 Å². The van der Waals surface area contributed by atoms with Gasteiger partial charge in [0.15, 0.2) is 0 Å². The highest BCUT2D eigenvalue weighted by Crippen LogP contribution is 2.54. The van der Waals surface area contributed by atoms with Gasteiger partial charge in [-0.3, -0.25) is 23.7 Å². The third-order valence-corrected chi connectivity index (χ3v) is 10.8. The van der Waals surface area contributed by atoms with Crippen LogP contribution in [0.15, 0.2) is 82.6 Å². The van der Waals surface area contributed by atoms with Crippen molar-refractivity contribution < 1.29 is 27.6 Å². The number of imide groups is 1. The highest BCUT2D eigenvalue weighted by atomic mass is 32.2. The number of alkyl halides is 3. The molecule has 12 heteroatoms. The molecule has 3 aromatic carbocycles. The number of anilines is 2. The van der Waals surface area contributed by atoms with Gasteiger partial charge in [-0.2, -0.15) is 13.2 Å². The van der Waals surface area contributed by atoms with Crippen molar-refractivity contribution in [3.05, 3.63) is 110 Å². The summed E-state index contributed by atoms with van der Waals surface area (Å²) < 4.78 is 43.4. The van der Waals surface area contributed by atoms with Crippen LogP contribution in [0.1, 0.15) is 53.8 Å². The molecular formula is C34H30F3N3O4S2. The van der Waals surface area contributed by atoms with E-state index in [1.54, 1.807) is 18.2 Å². The van der Waals surface area contributed by atoms with Crippen LogP contribution in [0.2, 0.25) is 0 Å². The minimum absolute atomic E-state index is 0.176. The molecule has 3 heterocycles. The lowest BCUT2D eigenvalue weighted by atomic mass is 9.81. The lowest BCUT2D eigenvalue weighted by Gasteiger charge is -2.31. The second-order valence-corrected chi connectivity index (χ2v) is 14.6. The van der Waals surface area contributed by atoms with Gasteiger partial charge in [0, 0.05) is 16.5 Å². The number of nitrogens with one attached hydrogen (secondary N) is 1. The summed E-state index contributed by atoms with van der Waals surface area (Å²) in [6, 6.07) is 19.2. The van der Waals surface area contributed by atoms with Gasteiger partial charge in [0.2, 0.25) is 17.7 Å². The van der Waals surface area contributed by atoms with Crippen molar-refractivity contribution in [3.63, 3.8) is 0 Å². The van der Waals surface area contributed by atoms with Gasteiger partial charge in [-0.15, -0.1) is 0 Å². The standard InChI is InChI=1S/C34H30F3N3O4S2/c1-18-8-7-9-21(16-18)38-24(41)17-39-31-28(46-32(39)44)25(19-12-14-20(15-13-19)33(2,3)4)26-27(45-31)30(43)40(29(26)42)23-11-6-5-10-22(23)34(35,36)37/h5-16,25-27H,17H2,1-4H3,(H,38,41). The zero-order chi connectivity index (χ0) is 33.1. The average Bonchev–Trinajstić information content (AvgIpc) is 3.42. The molecule has 0 bridgehead atoms. The summed E-state index contributed by atoms with van der Waals surface area (Å²) in [7, 11) is 0. The monoisotopic (exact) mass is 665 g/mol. The maximum atomic E-state index is 14.1. The first kappa shape index (κ1) is 31.8. The second kappa shape index (κ2) is 11.6. The Morgan fingerprint density at radius 2 is 1.61 bits per heavy atom. The number of para-hydroxylation sites is 1. The topological polar surface area (TPSA) is 88.5 Å². The molecule has 0 aliphatic carbocycles. The molecule has 0 radical (unpaired) electrons. The van der Waals surface area contributed by atoms with Gasteiger partial charge in [0.25, 0.3) is 0 Å². The van der Waals surface area contributed by atoms with Crippen LogP contribution in [0.3, 0.4) is 0 Å². The highest BCUT2D eigenvalue weighted by Gasteiger charge is 2.57. The van der Waals surface area contributed by atoms with E-state index in [1.165, 1.54) is 16.7 Å². The number of amides is 3. The molecule has 3 atom stereocenters. The first-order valence-corrected chi connectivity index (χ1v) is 16.3. The Kier molecular flexibility index (Phi) is 8.00. The quantitative estimate of drug-likeness (QED) is 0.233. The SMILES string of the molecule is Cc1cccc(NC(=O)Cn2c3c(sc2=O)C(c2ccc(C(C)(C)C)cc2)C2C(=O)N(c4ccccc4C(F)(F)F)C(=O)C2S3)c1. The van der Waals surface area contributed by atoms with E-state index in [4.69, 9.17) is 0 Å². The summed E-state index contributed by atoms with van der Waals surface area (Å²) in [5, 5.41) is 2.03. The van der Waals surface area contributed by atoms with E-state index < -0.39 is 57.1 Å². The lowest BCUT2D eigenvalue weighted by molar-refractivity contribution is -0.137. The van der Waals surface area contributed by atoms with Crippen molar-refractivity contribution in [1.82, 2.24) is 4.57 Å². The Hall–Kier alpha value is -4.16. The first-order chi connectivity index (χ1) is 21.6. The number of rotatable bonds is 5. The van der Waals surface area contributed by atoms with Crippen LogP contribution in [-0.4, -0.2) is 27.5 Å². The van der Waals surface area contributed by atoms with Crippen LogP contribution >= 0.6 is 23.1 Å². The fourth-order valence-corrected chi connectivity index (χ4v) is 8.79. The minimum Gasteiger partial charge on any atom is -0.325 e. The van der Waals surface area contributed by atoms with E-state index in [9.17, 15) is 32.3 Å². The Morgan fingerprint density at radius 1 is 0.913 bits per heavy atom. The Labute approximate surface area is 271 Å². The smallest absolute Gasteiger partial charge is 0.325 e. The van der Waals surface area contributed by atoms with Crippen molar-refractivity contribution in [1.29, 1.82) is 0 Å². The van der Waals surface area contributed by atoms with Gasteiger partial charge in [0.05, 0.1) is 22.2 Å². The molecule has 238 valence electrons. The van der Waals surface area contributed by atoms with Crippen LogP contribution in [-0.2, 0) is 32.5 Å². The largest absolute Gasteiger partial charge is 0.418 e. The summed E-state index contributed by atoms with van der Waals surface area (Å²) in [6.45, 7) is 7.69. The predicted octanol–water partition coefficient (Wildman–Crippen LogP) is 6.97. The van der Waals surface area contributed by atoms with Gasteiger partial charge in [-0.05, 0) is 53.3 Å². The van der Waals surface area contributed by atoms with Crippen molar-refractivity contribution >= 4 is 52.2 Å². The number of halogens is 3. The fourth-order valence-electron chi connectivity index (χ4n) is 6.02. The Bertz CT molecular complexity index is 1930. The number of hydrogen-bond donors (Lipinski definition) is 1. The van der Waals surface area contributed by atoms with E-state index in [-0.39, 0.29) is 12.0 Å². The third-order valence-electron chi connectivity index (χ3n) is 8.24. The molecule has 0 spiro atoms. The van der Waals surface area contributed by atoms with E-state index in [0.29, 0.717) is 26.1 Å². The molecule has 0 saturated carbocycles. The second-order valence-electron chi connectivity index (χ2n) is 12.5. The van der Waals surface area contributed by atoms with Crippen molar-refractivity contribution in [2.45, 2.75) is 62.0 Å². The number of carbonyl (C=O) groups is 3. The maximum absolute atomic E-state index is 14.1. The zero-order valence-electron chi connectivity index (χ0n) is 25.3. The van der Waals surface area contributed by atoms with E-state index >= 15 is 0 Å². The molecule has 3 amide bonds. The zero-order valence-corrected chi connectivity index (χ0v) is 27.0. The van der Waals surface area contributed by atoms with Crippen LogP contribution in [0.4, 0.5) is 24.5 Å². The summed E-state index contributed by atoms with van der Waals surface area (Å²) in [5.74, 6) is -3.89. The van der Waals surface area contributed by atoms with E-state index in [2.05, 4.69) is 26.1 Å². The third kappa shape index (κ3) is 5.68. The number of hydrogen-bond acceptors (Lipinski definition) is 6. The molecule has 7 nitrogen and oxygen atoms in total. The Morgan fingerprint density at radius 3 is 2.26 bits per heavy atom. The normalized spacial score (nSPS) is 19.6. The molecule has 4 aromatic rings. The van der Waals surface area contributed by atoms with Crippen molar-refractivity contribution in [2.75, 3.05) is 10.2 Å². The highest BCUT2D eigenvalue weighted by molar-refractivity contribution is 8.00. The van der Waals surface area contributed by atoms with Crippen LogP contribution in [0.25, 0.3) is 0 Å². The van der Waals surface area contributed by atoms with Gasteiger partial charge in [-0.1, -0.05) is 92.4 Å². The fraction of sp³-hybridized carbons (Fsp3) is 0.294. The average molecular weight is 666 g/mol. The first-order valence-electron chi connectivity index (χ1n) is 14.6. The molecule has 3 unspecified atom stereocenters. The summed E-state index contributed by atoms with van der Waals surface area (Å²) in [6.07, 6.45) is -4.80. The molecule has 46 heavy (non-hydrogen) atoms. The molecule has 2 aliphatic rings. The number of thioether (sulfide) groups is 1. The van der Waals surface area contributed by atoms with Crippen molar-refractivity contribution in [3.8, 4) is 0 Å². The van der Waals surface area contributed by atoms with Crippen LogP contribution in [0.5, 0.6) is 0 Å². The Balaban J connectivity index is 1.45. The van der Waals surface area contributed by atoms with Crippen LogP contribution in [0, 0.1) is 12.8 Å².